The van der Waals surface area contributed by atoms with E-state index < -0.39 is 20.4 Å². The third-order valence-electron chi connectivity index (χ3n) is 3.91. The van der Waals surface area contributed by atoms with Gasteiger partial charge in [0.2, 0.25) is 5.91 Å². The Morgan fingerprint density at radius 1 is 1.48 bits per heavy atom. The highest BCUT2D eigenvalue weighted by Gasteiger charge is 2.26. The molecule has 0 radical (unpaired) electrons. The topological polar surface area (TPSA) is 124 Å². The number of carbonyl (C=O) groups is 1. The average molecular weight is 341 g/mol. The van der Waals surface area contributed by atoms with Gasteiger partial charge in [-0.1, -0.05) is 0 Å². The van der Waals surface area contributed by atoms with E-state index in [1.165, 1.54) is 12.1 Å². The van der Waals surface area contributed by atoms with Crippen LogP contribution >= 0.6 is 0 Å². The second-order valence-electron chi connectivity index (χ2n) is 5.81. The van der Waals surface area contributed by atoms with Crippen molar-refractivity contribution in [2.45, 2.75) is 24.2 Å². The maximum atomic E-state index is 11.8. The number of carbonyl (C=O) groups excluding carboxylic acids is 1. The molecule has 1 heterocycles. The van der Waals surface area contributed by atoms with E-state index in [9.17, 15) is 23.3 Å². The van der Waals surface area contributed by atoms with Gasteiger partial charge in [-0.15, -0.1) is 0 Å². The first-order valence-corrected chi connectivity index (χ1v) is 9.09. The number of benzene rings is 1. The number of sulfone groups is 1. The minimum absolute atomic E-state index is 0.109. The van der Waals surface area contributed by atoms with Gasteiger partial charge in [-0.2, -0.15) is 0 Å². The molecule has 1 aromatic carbocycles. The fourth-order valence-electron chi connectivity index (χ4n) is 2.90. The highest BCUT2D eigenvalue weighted by Crippen LogP contribution is 2.31. The number of anilines is 1. The van der Waals surface area contributed by atoms with Crippen LogP contribution in [0.5, 0.6) is 0 Å². The molecule has 1 amide bonds. The van der Waals surface area contributed by atoms with Gasteiger partial charge in [0, 0.05) is 37.5 Å². The van der Waals surface area contributed by atoms with Gasteiger partial charge in [-0.05, 0) is 30.9 Å². The van der Waals surface area contributed by atoms with Gasteiger partial charge in [-0.3, -0.25) is 14.9 Å². The average Bonchev–Trinajstić information content (AvgIpc) is 2.45. The van der Waals surface area contributed by atoms with Crippen LogP contribution in [-0.2, 0) is 14.6 Å². The molecule has 126 valence electrons. The molecule has 0 aromatic heterocycles. The van der Waals surface area contributed by atoms with Crippen molar-refractivity contribution in [3.05, 3.63) is 28.3 Å². The Morgan fingerprint density at radius 3 is 2.74 bits per heavy atom. The summed E-state index contributed by atoms with van der Waals surface area (Å²) in [5, 5.41) is 11.0. The van der Waals surface area contributed by atoms with E-state index in [0.29, 0.717) is 18.8 Å². The molecule has 1 aromatic rings. The van der Waals surface area contributed by atoms with E-state index >= 15 is 0 Å². The molecule has 1 fully saturated rings. The molecule has 8 nitrogen and oxygen atoms in total. The lowest BCUT2D eigenvalue weighted by molar-refractivity contribution is -0.387. The first-order chi connectivity index (χ1) is 10.7. The summed E-state index contributed by atoms with van der Waals surface area (Å²) in [5.41, 5.74) is 5.40. The normalized spacial score (nSPS) is 18.7. The monoisotopic (exact) mass is 341 g/mol. The van der Waals surface area contributed by atoms with Crippen molar-refractivity contribution < 1.29 is 18.1 Å². The summed E-state index contributed by atoms with van der Waals surface area (Å²) < 4.78 is 23.6. The van der Waals surface area contributed by atoms with E-state index in [0.717, 1.165) is 19.1 Å². The lowest BCUT2D eigenvalue weighted by atomic mass is 9.94. The second kappa shape index (κ2) is 6.53. The number of primary amides is 1. The number of rotatable bonds is 5. The minimum atomic E-state index is -3.71. The van der Waals surface area contributed by atoms with E-state index in [1.54, 1.807) is 6.07 Å². The number of hydrogen-bond donors (Lipinski definition) is 1. The van der Waals surface area contributed by atoms with Gasteiger partial charge in [-0.25, -0.2) is 8.42 Å². The standard InChI is InChI=1S/C14H19N3O5S/c1-23(21,22)13-8-11(4-5-12(13)17(19)20)16-6-2-3-10(9-16)7-14(15)18/h4-5,8,10H,2-3,6-7,9H2,1H3,(H2,15,18). The minimum Gasteiger partial charge on any atom is -0.371 e. The molecule has 1 aliphatic heterocycles. The molecular formula is C14H19N3O5S. The zero-order valence-electron chi connectivity index (χ0n) is 12.8. The lowest BCUT2D eigenvalue weighted by Gasteiger charge is -2.34. The molecule has 0 bridgehead atoms. The molecule has 1 aliphatic rings. The van der Waals surface area contributed by atoms with Crippen molar-refractivity contribution >= 4 is 27.1 Å². The molecule has 2 rings (SSSR count). The maximum Gasteiger partial charge on any atom is 0.288 e. The summed E-state index contributed by atoms with van der Waals surface area (Å²) in [6, 6.07) is 4.09. The van der Waals surface area contributed by atoms with Crippen LogP contribution in [0, 0.1) is 16.0 Å². The number of hydrogen-bond acceptors (Lipinski definition) is 6. The Hall–Kier alpha value is -2.16. The Balaban J connectivity index is 2.33. The van der Waals surface area contributed by atoms with Gasteiger partial charge in [0.1, 0.15) is 4.90 Å². The fraction of sp³-hybridized carbons (Fsp3) is 0.500. The van der Waals surface area contributed by atoms with E-state index in [-0.39, 0.29) is 23.1 Å². The molecule has 1 unspecified atom stereocenters. The summed E-state index contributed by atoms with van der Waals surface area (Å²) in [4.78, 5) is 23.0. The maximum absolute atomic E-state index is 11.8. The zero-order chi connectivity index (χ0) is 17.2. The Morgan fingerprint density at radius 2 is 2.17 bits per heavy atom. The first-order valence-electron chi connectivity index (χ1n) is 7.20. The van der Waals surface area contributed by atoms with Crippen molar-refractivity contribution in [3.63, 3.8) is 0 Å². The van der Waals surface area contributed by atoms with Crippen molar-refractivity contribution in [1.29, 1.82) is 0 Å². The van der Waals surface area contributed by atoms with Gasteiger partial charge in [0.05, 0.1) is 4.92 Å². The van der Waals surface area contributed by atoms with E-state index in [4.69, 9.17) is 5.73 Å². The van der Waals surface area contributed by atoms with Crippen molar-refractivity contribution in [2.24, 2.45) is 11.7 Å². The molecule has 1 atom stereocenters. The van der Waals surface area contributed by atoms with Gasteiger partial charge in [0.25, 0.3) is 5.69 Å². The summed E-state index contributed by atoms with van der Waals surface area (Å²) in [6.45, 7) is 1.28. The van der Waals surface area contributed by atoms with Crippen molar-refractivity contribution in [2.75, 3.05) is 24.2 Å². The summed E-state index contributed by atoms with van der Waals surface area (Å²) in [6.07, 6.45) is 2.96. The van der Waals surface area contributed by atoms with Crippen LogP contribution in [0.2, 0.25) is 0 Å². The number of amides is 1. The predicted octanol–water partition coefficient (Wildman–Crippen LogP) is 1.09. The predicted molar refractivity (Wildman–Crippen MR) is 85.0 cm³/mol. The molecule has 0 aliphatic carbocycles. The smallest absolute Gasteiger partial charge is 0.288 e. The van der Waals surface area contributed by atoms with Crippen LogP contribution in [0.4, 0.5) is 11.4 Å². The molecule has 9 heteroatoms. The Labute approximate surface area is 134 Å². The number of piperidine rings is 1. The van der Waals surface area contributed by atoms with E-state index in [2.05, 4.69) is 0 Å². The Bertz CT molecular complexity index is 732. The molecular weight excluding hydrogens is 322 g/mol. The van der Waals surface area contributed by atoms with Crippen LogP contribution in [0.15, 0.2) is 23.1 Å². The van der Waals surface area contributed by atoms with Crippen LogP contribution in [-0.4, -0.2) is 38.6 Å². The quantitative estimate of drug-likeness (QED) is 0.631. The largest absolute Gasteiger partial charge is 0.371 e. The lowest BCUT2D eigenvalue weighted by Crippen LogP contribution is -2.37. The number of nitro groups is 1. The first kappa shape index (κ1) is 17.2. The summed E-state index contributed by atoms with van der Waals surface area (Å²) in [5.74, 6) is -0.254. The Kier molecular flexibility index (Phi) is 4.88. The third-order valence-corrected chi connectivity index (χ3v) is 5.04. The second-order valence-corrected chi connectivity index (χ2v) is 7.79. The van der Waals surface area contributed by atoms with E-state index in [1.807, 2.05) is 4.90 Å². The molecule has 0 spiro atoms. The van der Waals surface area contributed by atoms with Crippen molar-refractivity contribution in [1.82, 2.24) is 0 Å². The summed E-state index contributed by atoms with van der Waals surface area (Å²) >= 11 is 0. The van der Waals surface area contributed by atoms with Crippen LogP contribution < -0.4 is 10.6 Å². The van der Waals surface area contributed by atoms with Crippen LogP contribution in [0.25, 0.3) is 0 Å². The molecule has 2 N–H and O–H groups in total. The number of nitrogens with zero attached hydrogens (tertiary/aromatic N) is 2. The molecule has 23 heavy (non-hydrogen) atoms. The highest BCUT2D eigenvalue weighted by atomic mass is 32.2. The molecule has 1 saturated heterocycles. The summed E-state index contributed by atoms with van der Waals surface area (Å²) in [7, 11) is -3.71. The van der Waals surface area contributed by atoms with Gasteiger partial charge >= 0.3 is 0 Å². The van der Waals surface area contributed by atoms with Gasteiger partial charge in [0.15, 0.2) is 9.84 Å². The van der Waals surface area contributed by atoms with Gasteiger partial charge < -0.3 is 10.6 Å². The number of nitro benzene ring substituents is 1. The highest BCUT2D eigenvalue weighted by molar-refractivity contribution is 7.90. The fourth-order valence-corrected chi connectivity index (χ4v) is 3.76. The van der Waals surface area contributed by atoms with Crippen LogP contribution in [0.1, 0.15) is 19.3 Å². The SMILES string of the molecule is CS(=O)(=O)c1cc(N2CCCC(CC(N)=O)C2)ccc1[N+](=O)[O-]. The van der Waals surface area contributed by atoms with Crippen LogP contribution in [0.3, 0.4) is 0 Å². The van der Waals surface area contributed by atoms with Crippen molar-refractivity contribution in [3.8, 4) is 0 Å². The zero-order valence-corrected chi connectivity index (χ0v) is 13.6. The third kappa shape index (κ3) is 4.19. The number of nitrogens with two attached hydrogens (primary N) is 1. The molecule has 0 saturated carbocycles.